The van der Waals surface area contributed by atoms with Gasteiger partial charge in [-0.25, -0.2) is 0 Å². The van der Waals surface area contributed by atoms with Gasteiger partial charge in [0.25, 0.3) is 0 Å². The Labute approximate surface area is 110 Å². The highest BCUT2D eigenvalue weighted by Gasteiger charge is 2.31. The quantitative estimate of drug-likeness (QED) is 0.778. The number of ether oxygens (including phenoxy) is 2. The number of fused-ring (bicyclic) bond motifs is 1. The summed E-state index contributed by atoms with van der Waals surface area (Å²) in [6, 6.07) is 6.50. The molecule has 2 aliphatic rings. The Morgan fingerprint density at radius 3 is 3.00 bits per heavy atom. The van der Waals surface area contributed by atoms with Crippen molar-refractivity contribution in [2.45, 2.75) is 30.7 Å². The van der Waals surface area contributed by atoms with Gasteiger partial charge in [-0.2, -0.15) is 0 Å². The van der Waals surface area contributed by atoms with Crippen LogP contribution in [-0.4, -0.2) is 19.3 Å². The maximum atomic E-state index is 5.82. The predicted molar refractivity (Wildman–Crippen MR) is 70.8 cm³/mol. The number of hydrogen-bond acceptors (Lipinski definition) is 2. The molecule has 3 rings (SSSR count). The maximum absolute atomic E-state index is 5.82. The molecule has 0 aliphatic carbocycles. The molecule has 0 spiro atoms. The van der Waals surface area contributed by atoms with Gasteiger partial charge in [0.15, 0.2) is 0 Å². The Hall–Kier alpha value is -0.540. The summed E-state index contributed by atoms with van der Waals surface area (Å²) in [6.07, 6.45) is 2.50. The predicted octanol–water partition coefficient (Wildman–Crippen LogP) is 3.48. The first-order valence-corrected chi connectivity index (χ1v) is 7.18. The molecule has 3 heteroatoms. The number of halogens is 1. The van der Waals surface area contributed by atoms with Crippen LogP contribution in [0.1, 0.15) is 29.3 Å². The number of rotatable bonds is 2. The molecule has 0 saturated carbocycles. The van der Waals surface area contributed by atoms with E-state index in [1.54, 1.807) is 0 Å². The van der Waals surface area contributed by atoms with Gasteiger partial charge in [0.2, 0.25) is 0 Å². The second-order valence-corrected chi connectivity index (χ2v) is 5.96. The third-order valence-corrected chi connectivity index (χ3v) is 4.81. The first-order chi connectivity index (χ1) is 8.25. The summed E-state index contributed by atoms with van der Waals surface area (Å²) in [5.74, 6) is 1.68. The van der Waals surface area contributed by atoms with Gasteiger partial charge in [0.05, 0.1) is 17.5 Å². The molecule has 2 aliphatic heterocycles. The van der Waals surface area contributed by atoms with E-state index in [-0.39, 0.29) is 0 Å². The first-order valence-electron chi connectivity index (χ1n) is 6.27. The van der Waals surface area contributed by atoms with E-state index in [1.165, 1.54) is 17.5 Å². The number of alkyl halides is 1. The molecule has 1 saturated heterocycles. The average Bonchev–Trinajstić information content (AvgIpc) is 2.95. The molecule has 0 N–H and O–H groups in total. The van der Waals surface area contributed by atoms with E-state index in [1.807, 2.05) is 0 Å². The third kappa shape index (κ3) is 2.11. The second-order valence-electron chi connectivity index (χ2n) is 4.97. The van der Waals surface area contributed by atoms with Gasteiger partial charge in [-0.3, -0.25) is 0 Å². The van der Waals surface area contributed by atoms with Crippen LogP contribution in [-0.2, 0) is 11.2 Å². The van der Waals surface area contributed by atoms with Crippen LogP contribution in [0, 0.1) is 5.92 Å². The van der Waals surface area contributed by atoms with Gasteiger partial charge in [0, 0.05) is 13.0 Å². The molecular weight excluding hydrogens is 280 g/mol. The van der Waals surface area contributed by atoms with Crippen molar-refractivity contribution in [2.24, 2.45) is 5.92 Å². The topological polar surface area (TPSA) is 18.5 Å². The molecule has 1 fully saturated rings. The summed E-state index contributed by atoms with van der Waals surface area (Å²) in [4.78, 5) is 0.297. The van der Waals surface area contributed by atoms with Crippen molar-refractivity contribution in [3.63, 3.8) is 0 Å². The lowest BCUT2D eigenvalue weighted by atomic mass is 9.96. The van der Waals surface area contributed by atoms with E-state index >= 15 is 0 Å². The van der Waals surface area contributed by atoms with Crippen molar-refractivity contribution < 1.29 is 9.47 Å². The highest BCUT2D eigenvalue weighted by atomic mass is 79.9. The van der Waals surface area contributed by atoms with Crippen LogP contribution in [0.3, 0.4) is 0 Å². The van der Waals surface area contributed by atoms with Crippen molar-refractivity contribution in [2.75, 3.05) is 13.2 Å². The van der Waals surface area contributed by atoms with Gasteiger partial charge in [0.1, 0.15) is 5.75 Å². The molecule has 3 atom stereocenters. The van der Waals surface area contributed by atoms with Crippen LogP contribution >= 0.6 is 15.9 Å². The molecule has 17 heavy (non-hydrogen) atoms. The molecule has 2 heterocycles. The van der Waals surface area contributed by atoms with Crippen LogP contribution in [0.4, 0.5) is 0 Å². The third-order valence-electron chi connectivity index (χ3n) is 3.76. The zero-order chi connectivity index (χ0) is 11.8. The minimum absolute atomic E-state index is 0.297. The summed E-state index contributed by atoms with van der Waals surface area (Å²) in [7, 11) is 0. The highest BCUT2D eigenvalue weighted by Crippen LogP contribution is 2.39. The Morgan fingerprint density at radius 2 is 2.24 bits per heavy atom. The molecular formula is C14H17BrO2. The Kier molecular flexibility index (Phi) is 3.14. The summed E-state index contributed by atoms with van der Waals surface area (Å²) in [5.41, 5.74) is 2.64. The Balaban J connectivity index is 1.83. The van der Waals surface area contributed by atoms with E-state index in [4.69, 9.17) is 9.47 Å². The molecule has 0 bridgehead atoms. The van der Waals surface area contributed by atoms with Gasteiger partial charge < -0.3 is 9.47 Å². The van der Waals surface area contributed by atoms with Crippen molar-refractivity contribution in [3.05, 3.63) is 29.3 Å². The van der Waals surface area contributed by atoms with Crippen LogP contribution in [0.25, 0.3) is 0 Å². The highest BCUT2D eigenvalue weighted by molar-refractivity contribution is 9.09. The SMILES string of the molecule is CC1CCOC1C(Br)c1ccc2c(c1)CCO2. The Bertz CT molecular complexity index is 419. The summed E-state index contributed by atoms with van der Waals surface area (Å²) < 4.78 is 11.4. The maximum Gasteiger partial charge on any atom is 0.122 e. The monoisotopic (exact) mass is 296 g/mol. The largest absolute Gasteiger partial charge is 0.493 e. The molecule has 3 unspecified atom stereocenters. The summed E-state index contributed by atoms with van der Waals surface area (Å²) in [5, 5.41) is 0. The molecule has 2 nitrogen and oxygen atoms in total. The smallest absolute Gasteiger partial charge is 0.122 e. The van der Waals surface area contributed by atoms with Crippen molar-refractivity contribution in [1.29, 1.82) is 0 Å². The van der Waals surface area contributed by atoms with Crippen molar-refractivity contribution in [1.82, 2.24) is 0 Å². The molecule has 1 aromatic rings. The lowest BCUT2D eigenvalue weighted by molar-refractivity contribution is 0.0935. The minimum atomic E-state index is 0.297. The normalized spacial score (nSPS) is 28.8. The molecule has 92 valence electrons. The summed E-state index contributed by atoms with van der Waals surface area (Å²) >= 11 is 3.80. The Morgan fingerprint density at radius 1 is 1.35 bits per heavy atom. The van der Waals surface area contributed by atoms with Gasteiger partial charge in [-0.15, -0.1) is 0 Å². The van der Waals surface area contributed by atoms with E-state index < -0.39 is 0 Å². The summed E-state index contributed by atoms with van der Waals surface area (Å²) in [6.45, 7) is 3.98. The van der Waals surface area contributed by atoms with E-state index in [0.717, 1.165) is 25.4 Å². The van der Waals surface area contributed by atoms with Crippen molar-refractivity contribution >= 4 is 15.9 Å². The van der Waals surface area contributed by atoms with Crippen molar-refractivity contribution in [3.8, 4) is 5.75 Å². The molecule has 0 radical (unpaired) electrons. The van der Waals surface area contributed by atoms with E-state index in [9.17, 15) is 0 Å². The fourth-order valence-electron chi connectivity index (χ4n) is 2.66. The van der Waals surface area contributed by atoms with Crippen LogP contribution in [0.2, 0.25) is 0 Å². The fraction of sp³-hybridized carbons (Fsp3) is 0.571. The van der Waals surface area contributed by atoms with Crippen LogP contribution < -0.4 is 4.74 Å². The molecule has 0 aromatic heterocycles. The van der Waals surface area contributed by atoms with Gasteiger partial charge in [-0.1, -0.05) is 35.0 Å². The van der Waals surface area contributed by atoms with Gasteiger partial charge >= 0.3 is 0 Å². The zero-order valence-electron chi connectivity index (χ0n) is 9.99. The lowest BCUT2D eigenvalue weighted by Crippen LogP contribution is -2.19. The fourth-order valence-corrected chi connectivity index (χ4v) is 3.62. The first kappa shape index (κ1) is 11.5. The van der Waals surface area contributed by atoms with Gasteiger partial charge in [-0.05, 0) is 29.5 Å². The minimum Gasteiger partial charge on any atom is -0.493 e. The average molecular weight is 297 g/mol. The second kappa shape index (κ2) is 4.62. The van der Waals surface area contributed by atoms with E-state index in [0.29, 0.717) is 16.8 Å². The zero-order valence-corrected chi connectivity index (χ0v) is 11.6. The lowest BCUT2D eigenvalue weighted by Gasteiger charge is -2.21. The van der Waals surface area contributed by atoms with E-state index in [2.05, 4.69) is 41.1 Å². The van der Waals surface area contributed by atoms with Crippen LogP contribution in [0.5, 0.6) is 5.75 Å². The number of hydrogen-bond donors (Lipinski definition) is 0. The molecule has 0 amide bonds. The molecule has 1 aromatic carbocycles. The number of benzene rings is 1. The van der Waals surface area contributed by atoms with Crippen LogP contribution in [0.15, 0.2) is 18.2 Å². The standard InChI is InChI=1S/C14H17BrO2/c1-9-4-6-17-14(9)13(15)11-2-3-12-10(8-11)5-7-16-12/h2-3,8-9,13-14H,4-7H2,1H3.